The third-order valence-electron chi connectivity index (χ3n) is 3.43. The van der Waals surface area contributed by atoms with E-state index in [0.29, 0.717) is 13.1 Å². The normalized spacial score (nSPS) is 15.2. The summed E-state index contributed by atoms with van der Waals surface area (Å²) < 4.78 is 5.18. The number of aromatic nitrogens is 2. The van der Waals surface area contributed by atoms with Gasteiger partial charge < -0.3 is 20.3 Å². The SMILES string of the molecule is CC(C)(C)OC(=O)NCCNc1cc(N2CCCCC2)ncn1. The van der Waals surface area contributed by atoms with Crippen LogP contribution in [0.2, 0.25) is 0 Å². The van der Waals surface area contributed by atoms with Crippen LogP contribution in [0.3, 0.4) is 0 Å². The second-order valence-corrected chi connectivity index (χ2v) is 6.66. The highest BCUT2D eigenvalue weighted by Crippen LogP contribution is 2.18. The fourth-order valence-corrected chi connectivity index (χ4v) is 2.41. The highest BCUT2D eigenvalue weighted by atomic mass is 16.6. The van der Waals surface area contributed by atoms with Crippen LogP contribution in [-0.4, -0.2) is 47.8 Å². The molecule has 2 N–H and O–H groups in total. The van der Waals surface area contributed by atoms with E-state index in [0.717, 1.165) is 24.7 Å². The van der Waals surface area contributed by atoms with Gasteiger partial charge in [0.15, 0.2) is 0 Å². The lowest BCUT2D eigenvalue weighted by atomic mass is 10.1. The van der Waals surface area contributed by atoms with Crippen molar-refractivity contribution in [1.82, 2.24) is 15.3 Å². The van der Waals surface area contributed by atoms with Gasteiger partial charge in [0.05, 0.1) is 0 Å². The second-order valence-electron chi connectivity index (χ2n) is 6.66. The van der Waals surface area contributed by atoms with Crippen LogP contribution in [-0.2, 0) is 4.74 Å². The molecule has 0 bridgehead atoms. The quantitative estimate of drug-likeness (QED) is 0.811. The van der Waals surface area contributed by atoms with E-state index in [-0.39, 0.29) is 0 Å². The number of hydrogen-bond donors (Lipinski definition) is 2. The zero-order valence-electron chi connectivity index (χ0n) is 14.3. The van der Waals surface area contributed by atoms with Crippen LogP contribution in [0.15, 0.2) is 12.4 Å². The Morgan fingerprint density at radius 3 is 2.65 bits per heavy atom. The molecule has 0 saturated carbocycles. The van der Waals surface area contributed by atoms with Crippen molar-refractivity contribution in [1.29, 1.82) is 0 Å². The Morgan fingerprint density at radius 2 is 1.96 bits per heavy atom. The first-order chi connectivity index (χ1) is 10.9. The van der Waals surface area contributed by atoms with E-state index in [2.05, 4.69) is 25.5 Å². The molecule has 1 aromatic rings. The number of carbonyl (C=O) groups excluding carboxylic acids is 1. The molecule has 7 heteroatoms. The fraction of sp³-hybridized carbons (Fsp3) is 0.688. The Labute approximate surface area is 137 Å². The molecule has 2 heterocycles. The molecule has 1 amide bonds. The molecular weight excluding hydrogens is 294 g/mol. The largest absolute Gasteiger partial charge is 0.444 e. The Hall–Kier alpha value is -2.05. The zero-order valence-corrected chi connectivity index (χ0v) is 14.3. The minimum Gasteiger partial charge on any atom is -0.444 e. The molecule has 0 radical (unpaired) electrons. The van der Waals surface area contributed by atoms with Crippen LogP contribution in [0.25, 0.3) is 0 Å². The average molecular weight is 321 g/mol. The predicted molar refractivity (Wildman–Crippen MR) is 90.8 cm³/mol. The smallest absolute Gasteiger partial charge is 0.407 e. The van der Waals surface area contributed by atoms with Crippen molar-refractivity contribution >= 4 is 17.7 Å². The number of carbonyl (C=O) groups is 1. The predicted octanol–water partition coefficient (Wildman–Crippen LogP) is 2.40. The first-order valence-electron chi connectivity index (χ1n) is 8.22. The number of nitrogens with one attached hydrogen (secondary N) is 2. The second kappa shape index (κ2) is 7.99. The molecule has 7 nitrogen and oxygen atoms in total. The Kier molecular flexibility index (Phi) is 6.01. The number of nitrogens with zero attached hydrogens (tertiary/aromatic N) is 3. The molecule has 0 atom stereocenters. The number of hydrogen-bond acceptors (Lipinski definition) is 6. The monoisotopic (exact) mass is 321 g/mol. The molecule has 1 aliphatic heterocycles. The molecule has 0 spiro atoms. The number of anilines is 2. The maximum absolute atomic E-state index is 11.5. The first kappa shape index (κ1) is 17.3. The molecule has 1 aromatic heterocycles. The molecule has 0 aliphatic carbocycles. The van der Waals surface area contributed by atoms with Gasteiger partial charge in [0.1, 0.15) is 23.6 Å². The van der Waals surface area contributed by atoms with Gasteiger partial charge in [-0.3, -0.25) is 0 Å². The number of rotatable bonds is 5. The van der Waals surface area contributed by atoms with E-state index in [4.69, 9.17) is 4.74 Å². The molecule has 1 aliphatic rings. The topological polar surface area (TPSA) is 79.4 Å². The van der Waals surface area contributed by atoms with Crippen LogP contribution in [0.5, 0.6) is 0 Å². The lowest BCUT2D eigenvalue weighted by molar-refractivity contribution is 0.0530. The van der Waals surface area contributed by atoms with Crippen molar-refractivity contribution in [3.63, 3.8) is 0 Å². The summed E-state index contributed by atoms with van der Waals surface area (Å²) >= 11 is 0. The summed E-state index contributed by atoms with van der Waals surface area (Å²) in [6.07, 6.45) is 4.89. The molecule has 0 unspecified atom stereocenters. The Morgan fingerprint density at radius 1 is 1.22 bits per heavy atom. The molecule has 128 valence electrons. The maximum atomic E-state index is 11.5. The lowest BCUT2D eigenvalue weighted by Gasteiger charge is -2.27. The van der Waals surface area contributed by atoms with Crippen LogP contribution >= 0.6 is 0 Å². The summed E-state index contributed by atoms with van der Waals surface area (Å²) in [6.45, 7) is 8.68. The summed E-state index contributed by atoms with van der Waals surface area (Å²) in [4.78, 5) is 22.4. The lowest BCUT2D eigenvalue weighted by Crippen LogP contribution is -2.35. The van der Waals surface area contributed by atoms with E-state index in [9.17, 15) is 4.79 Å². The van der Waals surface area contributed by atoms with Gasteiger partial charge >= 0.3 is 6.09 Å². The standard InChI is InChI=1S/C16H27N5O2/c1-16(2,3)23-15(22)18-8-7-17-13-11-14(20-12-19-13)21-9-5-4-6-10-21/h11-12H,4-10H2,1-3H3,(H,18,22)(H,17,19,20). The van der Waals surface area contributed by atoms with Crippen LogP contribution in [0.4, 0.5) is 16.4 Å². The van der Waals surface area contributed by atoms with Gasteiger partial charge in [0.25, 0.3) is 0 Å². The number of ether oxygens (including phenoxy) is 1. The molecule has 2 rings (SSSR count). The summed E-state index contributed by atoms with van der Waals surface area (Å²) in [5.74, 6) is 1.73. The van der Waals surface area contributed by atoms with Crippen molar-refractivity contribution in [3.05, 3.63) is 12.4 Å². The van der Waals surface area contributed by atoms with E-state index >= 15 is 0 Å². The van der Waals surface area contributed by atoms with Crippen LogP contribution < -0.4 is 15.5 Å². The highest BCUT2D eigenvalue weighted by molar-refractivity contribution is 5.67. The first-order valence-corrected chi connectivity index (χ1v) is 8.22. The molecule has 23 heavy (non-hydrogen) atoms. The minimum absolute atomic E-state index is 0.406. The highest BCUT2D eigenvalue weighted by Gasteiger charge is 2.15. The molecule has 0 aromatic carbocycles. The third-order valence-corrected chi connectivity index (χ3v) is 3.43. The van der Waals surface area contributed by atoms with Crippen LogP contribution in [0.1, 0.15) is 40.0 Å². The number of piperidine rings is 1. The van der Waals surface area contributed by atoms with Gasteiger partial charge in [0, 0.05) is 32.2 Å². The van der Waals surface area contributed by atoms with Gasteiger partial charge in [-0.1, -0.05) is 0 Å². The average Bonchev–Trinajstić information content (AvgIpc) is 2.51. The van der Waals surface area contributed by atoms with E-state index in [1.165, 1.54) is 19.3 Å². The third kappa shape index (κ3) is 6.30. The van der Waals surface area contributed by atoms with E-state index < -0.39 is 11.7 Å². The van der Waals surface area contributed by atoms with Gasteiger partial charge in [-0.2, -0.15) is 0 Å². The Balaban J connectivity index is 1.74. The van der Waals surface area contributed by atoms with Crippen molar-refractivity contribution in [2.45, 2.75) is 45.6 Å². The van der Waals surface area contributed by atoms with E-state index in [1.807, 2.05) is 26.8 Å². The summed E-state index contributed by atoms with van der Waals surface area (Å²) in [5.41, 5.74) is -0.479. The zero-order chi connectivity index (χ0) is 16.7. The van der Waals surface area contributed by atoms with Gasteiger partial charge in [0.2, 0.25) is 0 Å². The van der Waals surface area contributed by atoms with Gasteiger partial charge in [-0.25, -0.2) is 14.8 Å². The Bertz CT molecular complexity index is 509. The molecule has 1 saturated heterocycles. The van der Waals surface area contributed by atoms with Crippen molar-refractivity contribution in [3.8, 4) is 0 Å². The summed E-state index contributed by atoms with van der Waals surface area (Å²) in [6, 6.07) is 1.96. The van der Waals surface area contributed by atoms with Crippen molar-refractivity contribution < 1.29 is 9.53 Å². The van der Waals surface area contributed by atoms with Gasteiger partial charge in [-0.15, -0.1) is 0 Å². The summed E-state index contributed by atoms with van der Waals surface area (Å²) in [7, 11) is 0. The van der Waals surface area contributed by atoms with E-state index in [1.54, 1.807) is 6.33 Å². The molecular formula is C16H27N5O2. The maximum Gasteiger partial charge on any atom is 0.407 e. The summed E-state index contributed by atoms with van der Waals surface area (Å²) in [5, 5.41) is 5.90. The van der Waals surface area contributed by atoms with Gasteiger partial charge in [-0.05, 0) is 40.0 Å². The molecule has 1 fully saturated rings. The van der Waals surface area contributed by atoms with Crippen molar-refractivity contribution in [2.24, 2.45) is 0 Å². The number of amides is 1. The fourth-order valence-electron chi connectivity index (χ4n) is 2.41. The minimum atomic E-state index is -0.479. The van der Waals surface area contributed by atoms with Crippen LogP contribution in [0, 0.1) is 0 Å². The van der Waals surface area contributed by atoms with Crippen molar-refractivity contribution in [2.75, 3.05) is 36.4 Å². The number of alkyl carbamates (subject to hydrolysis) is 1.